The van der Waals surface area contributed by atoms with Crippen LogP contribution < -0.4 is 0 Å². The van der Waals surface area contributed by atoms with Crippen LogP contribution in [0, 0.1) is 0 Å². The Labute approximate surface area is 142 Å². The number of thiophene rings is 1. The molecule has 0 saturated heterocycles. The average molecular weight is 360 g/mol. The third-order valence-electron chi connectivity index (χ3n) is 3.37. The van der Waals surface area contributed by atoms with Gasteiger partial charge in [0.25, 0.3) is 0 Å². The zero-order chi connectivity index (χ0) is 15.0. The molecule has 0 atom stereocenters. The molecule has 0 amide bonds. The summed E-state index contributed by atoms with van der Waals surface area (Å²) < 4.78 is 2.11. The van der Waals surface area contributed by atoms with Crippen molar-refractivity contribution in [2.75, 3.05) is 0 Å². The summed E-state index contributed by atoms with van der Waals surface area (Å²) in [5.74, 6) is 1.19. The van der Waals surface area contributed by atoms with E-state index in [-0.39, 0.29) is 0 Å². The Hall–Kier alpha value is -0.740. The number of benzene rings is 1. The van der Waals surface area contributed by atoms with Crippen LogP contribution in [0.25, 0.3) is 11.0 Å². The van der Waals surface area contributed by atoms with Gasteiger partial charge in [-0.2, -0.15) is 0 Å². The van der Waals surface area contributed by atoms with E-state index >= 15 is 0 Å². The molecule has 2 aromatic heterocycles. The fraction of sp³-hybridized carbons (Fsp3) is 0.267. The Bertz CT molecular complexity index is 792. The van der Waals surface area contributed by atoms with Crippen LogP contribution in [-0.4, -0.2) is 9.55 Å². The van der Waals surface area contributed by atoms with Gasteiger partial charge in [-0.25, -0.2) is 4.98 Å². The van der Waals surface area contributed by atoms with E-state index in [0.29, 0.717) is 15.9 Å². The number of imidazole rings is 1. The largest absolute Gasteiger partial charge is 0.322 e. The zero-order valence-corrected chi connectivity index (χ0v) is 14.5. The summed E-state index contributed by atoms with van der Waals surface area (Å²) in [5, 5.41) is 1.05. The quantitative estimate of drug-likeness (QED) is 0.542. The van der Waals surface area contributed by atoms with Crippen molar-refractivity contribution in [2.24, 2.45) is 0 Å². The standard InChI is InChI=1S/C15H13Cl3N2S/c1-2-9-3-4-10(21-9)8-20-14-6-12(18)11(17)5-13(14)19-15(20)7-16/h3-6H,2,7-8H2,1H3. The molecule has 0 aliphatic rings. The van der Waals surface area contributed by atoms with Crippen LogP contribution in [0.4, 0.5) is 0 Å². The Morgan fingerprint density at radius 3 is 2.52 bits per heavy atom. The van der Waals surface area contributed by atoms with Crippen LogP contribution >= 0.6 is 46.1 Å². The predicted molar refractivity (Wildman–Crippen MR) is 92.1 cm³/mol. The van der Waals surface area contributed by atoms with Crippen LogP contribution in [-0.2, 0) is 18.8 Å². The highest BCUT2D eigenvalue weighted by molar-refractivity contribution is 7.11. The molecule has 21 heavy (non-hydrogen) atoms. The van der Waals surface area contributed by atoms with Gasteiger partial charge in [-0.05, 0) is 30.7 Å². The fourth-order valence-corrected chi connectivity index (χ4v) is 3.77. The van der Waals surface area contributed by atoms with Gasteiger partial charge in [-0.1, -0.05) is 30.1 Å². The molecular weight excluding hydrogens is 347 g/mol. The van der Waals surface area contributed by atoms with Gasteiger partial charge in [0.15, 0.2) is 0 Å². The number of rotatable bonds is 4. The van der Waals surface area contributed by atoms with E-state index in [2.05, 4.69) is 28.6 Å². The van der Waals surface area contributed by atoms with Gasteiger partial charge in [0.1, 0.15) is 5.82 Å². The maximum Gasteiger partial charge on any atom is 0.125 e. The van der Waals surface area contributed by atoms with Gasteiger partial charge in [0, 0.05) is 9.75 Å². The van der Waals surface area contributed by atoms with Crippen molar-refractivity contribution in [3.63, 3.8) is 0 Å². The normalized spacial score (nSPS) is 11.4. The van der Waals surface area contributed by atoms with Crippen LogP contribution in [0.1, 0.15) is 22.5 Å². The molecule has 2 nitrogen and oxygen atoms in total. The summed E-state index contributed by atoms with van der Waals surface area (Å²) in [6.45, 7) is 2.91. The molecule has 0 N–H and O–H groups in total. The first kappa shape index (κ1) is 15.2. The first-order valence-corrected chi connectivity index (χ1v) is 8.70. The van der Waals surface area contributed by atoms with E-state index in [1.807, 2.05) is 17.4 Å². The van der Waals surface area contributed by atoms with Crippen molar-refractivity contribution >= 4 is 57.2 Å². The number of hydrogen-bond donors (Lipinski definition) is 0. The molecule has 0 spiro atoms. The van der Waals surface area contributed by atoms with Gasteiger partial charge in [0.2, 0.25) is 0 Å². The molecule has 0 bridgehead atoms. The molecule has 2 heterocycles. The summed E-state index contributed by atoms with van der Waals surface area (Å²) in [6, 6.07) is 7.97. The molecule has 110 valence electrons. The number of aromatic nitrogens is 2. The maximum atomic E-state index is 6.14. The highest BCUT2D eigenvalue weighted by Crippen LogP contribution is 2.30. The third-order valence-corrected chi connectivity index (χ3v) is 5.54. The Morgan fingerprint density at radius 2 is 1.86 bits per heavy atom. The Balaban J connectivity index is 2.09. The molecule has 6 heteroatoms. The smallest absolute Gasteiger partial charge is 0.125 e. The van der Waals surface area contributed by atoms with E-state index in [1.54, 1.807) is 6.07 Å². The first-order chi connectivity index (χ1) is 10.1. The molecule has 0 radical (unpaired) electrons. The average Bonchev–Trinajstić information content (AvgIpc) is 3.05. The summed E-state index contributed by atoms with van der Waals surface area (Å²) in [4.78, 5) is 7.21. The van der Waals surface area contributed by atoms with E-state index in [0.717, 1.165) is 29.8 Å². The lowest BCUT2D eigenvalue weighted by atomic mass is 10.3. The molecule has 1 aromatic carbocycles. The van der Waals surface area contributed by atoms with Crippen LogP contribution in [0.2, 0.25) is 10.0 Å². The van der Waals surface area contributed by atoms with E-state index in [4.69, 9.17) is 34.8 Å². The molecule has 0 aliphatic heterocycles. The van der Waals surface area contributed by atoms with Crippen molar-refractivity contribution in [3.05, 3.63) is 49.9 Å². The molecular formula is C15H13Cl3N2S. The van der Waals surface area contributed by atoms with Crippen molar-refractivity contribution in [2.45, 2.75) is 25.8 Å². The summed E-state index contributed by atoms with van der Waals surface area (Å²) in [6.07, 6.45) is 1.05. The fourth-order valence-electron chi connectivity index (χ4n) is 2.30. The van der Waals surface area contributed by atoms with Crippen LogP contribution in [0.5, 0.6) is 0 Å². The lowest BCUT2D eigenvalue weighted by molar-refractivity contribution is 0.789. The number of halogens is 3. The highest BCUT2D eigenvalue weighted by Gasteiger charge is 2.13. The zero-order valence-electron chi connectivity index (χ0n) is 11.4. The number of nitrogens with zero attached hydrogens (tertiary/aromatic N) is 2. The predicted octanol–water partition coefficient (Wildman–Crippen LogP) is 5.75. The van der Waals surface area contributed by atoms with E-state index in [1.165, 1.54) is 9.75 Å². The lowest BCUT2D eigenvalue weighted by Gasteiger charge is -2.06. The minimum atomic E-state index is 0.357. The number of alkyl halides is 1. The second-order valence-electron chi connectivity index (χ2n) is 4.72. The first-order valence-electron chi connectivity index (χ1n) is 6.60. The van der Waals surface area contributed by atoms with E-state index < -0.39 is 0 Å². The second-order valence-corrected chi connectivity index (χ2v) is 7.06. The van der Waals surface area contributed by atoms with Crippen LogP contribution in [0.3, 0.4) is 0 Å². The molecule has 0 saturated carbocycles. The van der Waals surface area contributed by atoms with Crippen molar-refractivity contribution in [3.8, 4) is 0 Å². The van der Waals surface area contributed by atoms with Gasteiger partial charge in [-0.3, -0.25) is 0 Å². The Kier molecular flexibility index (Phi) is 4.46. The minimum absolute atomic E-state index is 0.357. The number of hydrogen-bond acceptors (Lipinski definition) is 2. The number of aryl methyl sites for hydroxylation is 1. The van der Waals surface area contributed by atoms with Crippen molar-refractivity contribution in [1.82, 2.24) is 9.55 Å². The lowest BCUT2D eigenvalue weighted by Crippen LogP contribution is -2.02. The third kappa shape index (κ3) is 2.93. The van der Waals surface area contributed by atoms with Crippen LogP contribution in [0.15, 0.2) is 24.3 Å². The maximum absolute atomic E-state index is 6.14. The Morgan fingerprint density at radius 1 is 1.14 bits per heavy atom. The van der Waals surface area contributed by atoms with Crippen molar-refractivity contribution in [1.29, 1.82) is 0 Å². The molecule has 3 aromatic rings. The summed E-state index contributed by atoms with van der Waals surface area (Å²) in [5.41, 5.74) is 1.79. The molecule has 3 rings (SSSR count). The number of fused-ring (bicyclic) bond motifs is 1. The summed E-state index contributed by atoms with van der Waals surface area (Å²) >= 11 is 20.1. The monoisotopic (exact) mass is 358 g/mol. The summed E-state index contributed by atoms with van der Waals surface area (Å²) in [7, 11) is 0. The van der Waals surface area contributed by atoms with Gasteiger partial charge < -0.3 is 4.57 Å². The van der Waals surface area contributed by atoms with E-state index in [9.17, 15) is 0 Å². The van der Waals surface area contributed by atoms with Gasteiger partial charge in [-0.15, -0.1) is 22.9 Å². The minimum Gasteiger partial charge on any atom is -0.322 e. The van der Waals surface area contributed by atoms with Gasteiger partial charge >= 0.3 is 0 Å². The van der Waals surface area contributed by atoms with Crippen molar-refractivity contribution < 1.29 is 0 Å². The second kappa shape index (κ2) is 6.17. The SMILES string of the molecule is CCc1ccc(Cn2c(CCl)nc3cc(Cl)c(Cl)cc32)s1. The molecule has 0 fully saturated rings. The highest BCUT2D eigenvalue weighted by atomic mass is 35.5. The van der Waals surface area contributed by atoms with Gasteiger partial charge in [0.05, 0.1) is 33.5 Å². The molecule has 0 aliphatic carbocycles. The molecule has 0 unspecified atom stereocenters. The topological polar surface area (TPSA) is 17.8 Å².